The number of benzene rings is 1. The third kappa shape index (κ3) is 3.12. The van der Waals surface area contributed by atoms with Crippen LogP contribution in [0.1, 0.15) is 18.1 Å². The van der Waals surface area contributed by atoms with Crippen molar-refractivity contribution in [1.29, 1.82) is 0 Å². The van der Waals surface area contributed by atoms with Crippen LogP contribution in [0.4, 0.5) is 8.78 Å². The fraction of sp³-hybridized carbons (Fsp3) is 0.455. The maximum Gasteiger partial charge on any atom is 0.200 e. The summed E-state index contributed by atoms with van der Waals surface area (Å²) in [4.78, 5) is 0. The molecule has 6 heteroatoms. The summed E-state index contributed by atoms with van der Waals surface area (Å²) in [6, 6.07) is 1.96. The molecule has 96 valence electrons. The van der Waals surface area contributed by atoms with Crippen molar-refractivity contribution in [2.75, 3.05) is 13.7 Å². The molecule has 0 bridgehead atoms. The van der Waals surface area contributed by atoms with E-state index < -0.39 is 23.8 Å². The van der Waals surface area contributed by atoms with Crippen LogP contribution in [0.3, 0.4) is 0 Å². The van der Waals surface area contributed by atoms with Crippen molar-refractivity contribution in [2.45, 2.75) is 18.6 Å². The molecule has 0 saturated heterocycles. The van der Waals surface area contributed by atoms with Gasteiger partial charge >= 0.3 is 0 Å². The molecule has 4 nitrogen and oxygen atoms in total. The van der Waals surface area contributed by atoms with E-state index in [0.717, 1.165) is 12.1 Å². The van der Waals surface area contributed by atoms with Crippen LogP contribution in [0.25, 0.3) is 0 Å². The number of aliphatic hydroxyl groups excluding tert-OH is 2. The van der Waals surface area contributed by atoms with Gasteiger partial charge in [-0.15, -0.1) is 0 Å². The van der Waals surface area contributed by atoms with Gasteiger partial charge in [0, 0.05) is 0 Å². The Bertz CT molecular complexity index is 387. The van der Waals surface area contributed by atoms with E-state index in [4.69, 9.17) is 5.73 Å². The lowest BCUT2D eigenvalue weighted by Crippen LogP contribution is -2.22. The Morgan fingerprint density at radius 3 is 2.53 bits per heavy atom. The molecule has 0 radical (unpaired) electrons. The number of aliphatic hydroxyl groups is 2. The Morgan fingerprint density at radius 1 is 1.35 bits per heavy atom. The van der Waals surface area contributed by atoms with Crippen LogP contribution in [0.15, 0.2) is 12.1 Å². The second-order valence-electron chi connectivity index (χ2n) is 3.61. The van der Waals surface area contributed by atoms with Crippen molar-refractivity contribution in [3.05, 3.63) is 29.3 Å². The number of methoxy groups -OCH3 is 1. The molecule has 2 atom stereocenters. The minimum absolute atomic E-state index is 0.0432. The van der Waals surface area contributed by atoms with Crippen LogP contribution in [0.2, 0.25) is 0 Å². The monoisotopic (exact) mass is 247 g/mol. The van der Waals surface area contributed by atoms with Crippen molar-refractivity contribution in [2.24, 2.45) is 5.73 Å². The highest BCUT2D eigenvalue weighted by Crippen LogP contribution is 2.27. The Balaban J connectivity index is 3.02. The molecule has 0 aliphatic heterocycles. The molecule has 1 rings (SSSR count). The maximum atomic E-state index is 13.2. The predicted molar refractivity (Wildman–Crippen MR) is 57.5 cm³/mol. The van der Waals surface area contributed by atoms with Gasteiger partial charge in [-0.2, -0.15) is 4.39 Å². The quantitative estimate of drug-likeness (QED) is 0.716. The Hall–Kier alpha value is -1.24. The molecular formula is C11H15F2NO3. The Kier molecular flexibility index (Phi) is 4.80. The van der Waals surface area contributed by atoms with Crippen molar-refractivity contribution in [3.8, 4) is 5.75 Å². The standard InChI is InChI=1S/C11H15F2NO3/c1-17-9-5-6(4-7(12)10(9)13)11(16)8(15)2-3-14/h4-5,8,11,15-16H,2-3,14H2,1H3. The van der Waals surface area contributed by atoms with E-state index in [1.54, 1.807) is 0 Å². The zero-order valence-corrected chi connectivity index (χ0v) is 9.36. The summed E-state index contributed by atoms with van der Waals surface area (Å²) >= 11 is 0. The van der Waals surface area contributed by atoms with Gasteiger partial charge in [0.2, 0.25) is 5.82 Å². The molecular weight excluding hydrogens is 232 g/mol. The molecule has 0 aromatic heterocycles. The van der Waals surface area contributed by atoms with Crippen molar-refractivity contribution in [1.82, 2.24) is 0 Å². The zero-order valence-electron chi connectivity index (χ0n) is 9.36. The number of hydrogen-bond donors (Lipinski definition) is 3. The first-order valence-electron chi connectivity index (χ1n) is 5.10. The molecule has 0 amide bonds. The molecule has 2 unspecified atom stereocenters. The number of hydrogen-bond acceptors (Lipinski definition) is 4. The lowest BCUT2D eigenvalue weighted by Gasteiger charge is -2.18. The van der Waals surface area contributed by atoms with E-state index in [1.165, 1.54) is 7.11 Å². The van der Waals surface area contributed by atoms with Crippen LogP contribution < -0.4 is 10.5 Å². The van der Waals surface area contributed by atoms with E-state index in [9.17, 15) is 19.0 Å². The smallest absolute Gasteiger partial charge is 0.200 e. The van der Waals surface area contributed by atoms with Crippen LogP contribution in [-0.2, 0) is 0 Å². The molecule has 4 N–H and O–H groups in total. The molecule has 1 aromatic rings. The lowest BCUT2D eigenvalue weighted by molar-refractivity contribution is 0.0147. The first-order chi connectivity index (χ1) is 8.01. The molecule has 1 aromatic carbocycles. The predicted octanol–water partition coefficient (Wildman–Crippen LogP) is 0.716. The summed E-state index contributed by atoms with van der Waals surface area (Å²) in [5.41, 5.74) is 5.27. The average Bonchev–Trinajstić information content (AvgIpc) is 2.31. The van der Waals surface area contributed by atoms with E-state index in [2.05, 4.69) is 4.74 Å². The highest BCUT2D eigenvalue weighted by Gasteiger charge is 2.21. The average molecular weight is 247 g/mol. The SMILES string of the molecule is COc1cc(C(O)C(O)CCN)cc(F)c1F. The molecule has 0 saturated carbocycles. The van der Waals surface area contributed by atoms with Gasteiger partial charge in [0.15, 0.2) is 11.6 Å². The molecule has 0 aliphatic carbocycles. The highest BCUT2D eigenvalue weighted by molar-refractivity contribution is 5.33. The molecule has 0 fully saturated rings. The highest BCUT2D eigenvalue weighted by atomic mass is 19.2. The van der Waals surface area contributed by atoms with Gasteiger partial charge in [-0.3, -0.25) is 0 Å². The molecule has 0 heterocycles. The third-order valence-corrected chi connectivity index (χ3v) is 2.41. The molecule has 0 spiro atoms. The minimum Gasteiger partial charge on any atom is -0.494 e. The summed E-state index contributed by atoms with van der Waals surface area (Å²) < 4.78 is 30.9. The first kappa shape index (κ1) is 13.8. The third-order valence-electron chi connectivity index (χ3n) is 2.41. The largest absolute Gasteiger partial charge is 0.494 e. The summed E-state index contributed by atoms with van der Waals surface area (Å²) in [7, 11) is 1.18. The minimum atomic E-state index is -1.33. The normalized spacial score (nSPS) is 14.5. The van der Waals surface area contributed by atoms with E-state index >= 15 is 0 Å². The number of halogens is 2. The topological polar surface area (TPSA) is 75.7 Å². The summed E-state index contributed by atoms with van der Waals surface area (Å²) in [6.07, 6.45) is -2.31. The second-order valence-corrected chi connectivity index (χ2v) is 3.61. The maximum absolute atomic E-state index is 13.2. The van der Waals surface area contributed by atoms with E-state index in [0.29, 0.717) is 0 Å². The van der Waals surface area contributed by atoms with Gasteiger partial charge in [0.25, 0.3) is 0 Å². The van der Waals surface area contributed by atoms with E-state index in [-0.39, 0.29) is 24.3 Å². The van der Waals surface area contributed by atoms with Gasteiger partial charge in [-0.05, 0) is 30.7 Å². The summed E-state index contributed by atoms with van der Waals surface area (Å²) in [5.74, 6) is -2.59. The number of rotatable bonds is 5. The van der Waals surface area contributed by atoms with Gasteiger partial charge in [-0.25, -0.2) is 4.39 Å². The lowest BCUT2D eigenvalue weighted by atomic mass is 10.0. The van der Waals surface area contributed by atoms with Crippen LogP contribution in [0.5, 0.6) is 5.75 Å². The van der Waals surface area contributed by atoms with Gasteiger partial charge < -0.3 is 20.7 Å². The van der Waals surface area contributed by atoms with Crippen molar-refractivity contribution >= 4 is 0 Å². The molecule has 0 aliphatic rings. The van der Waals surface area contributed by atoms with Crippen LogP contribution >= 0.6 is 0 Å². The second kappa shape index (κ2) is 5.90. The van der Waals surface area contributed by atoms with Crippen LogP contribution in [-0.4, -0.2) is 30.0 Å². The Morgan fingerprint density at radius 2 is 2.00 bits per heavy atom. The van der Waals surface area contributed by atoms with Crippen molar-refractivity contribution < 1.29 is 23.7 Å². The number of nitrogens with two attached hydrogens (primary N) is 1. The molecule has 17 heavy (non-hydrogen) atoms. The fourth-order valence-electron chi connectivity index (χ4n) is 1.45. The zero-order chi connectivity index (χ0) is 13.0. The Labute approximate surface area is 97.6 Å². The van der Waals surface area contributed by atoms with Gasteiger partial charge in [0.05, 0.1) is 13.2 Å². The van der Waals surface area contributed by atoms with Gasteiger partial charge in [0.1, 0.15) is 6.10 Å². The summed E-state index contributed by atoms with van der Waals surface area (Å²) in [5, 5.41) is 19.2. The van der Waals surface area contributed by atoms with Crippen LogP contribution in [0, 0.1) is 11.6 Å². The number of ether oxygens (including phenoxy) is 1. The fourth-order valence-corrected chi connectivity index (χ4v) is 1.45. The summed E-state index contributed by atoms with van der Waals surface area (Å²) in [6.45, 7) is 0.180. The first-order valence-corrected chi connectivity index (χ1v) is 5.10. The van der Waals surface area contributed by atoms with E-state index in [1.807, 2.05) is 0 Å². The van der Waals surface area contributed by atoms with Crippen molar-refractivity contribution in [3.63, 3.8) is 0 Å². The van der Waals surface area contributed by atoms with Gasteiger partial charge in [-0.1, -0.05) is 0 Å².